The first-order valence-electron chi connectivity index (χ1n) is 12.4. The van der Waals surface area contributed by atoms with Gasteiger partial charge in [0.2, 0.25) is 0 Å². The van der Waals surface area contributed by atoms with Crippen LogP contribution in [0, 0.1) is 11.3 Å². The number of unbranched alkanes of at least 4 members (excludes halogenated alkanes) is 2. The molecule has 2 aliphatic rings. The Balaban J connectivity index is 1.93. The van der Waals surface area contributed by atoms with Crippen LogP contribution in [0.2, 0.25) is 0 Å². The van der Waals surface area contributed by atoms with Crippen molar-refractivity contribution >= 4 is 6.09 Å². The smallest absolute Gasteiger partial charge is 0.407 e. The Labute approximate surface area is 193 Å². The van der Waals surface area contributed by atoms with Gasteiger partial charge in [-0.3, -0.25) is 4.90 Å². The number of amides is 1. The van der Waals surface area contributed by atoms with Crippen molar-refractivity contribution in [1.82, 2.24) is 9.80 Å². The number of piperidine rings is 1. The van der Waals surface area contributed by atoms with E-state index in [9.17, 15) is 30.3 Å². The van der Waals surface area contributed by atoms with E-state index in [1.165, 1.54) is 6.42 Å². The molecule has 0 aromatic rings. The number of nitrogens with zero attached hydrogens (tertiary/aromatic N) is 2. The molecule has 32 heavy (non-hydrogen) atoms. The molecular formula is C24H46N2O6. The highest BCUT2D eigenvalue weighted by Gasteiger charge is 2.45. The summed E-state index contributed by atoms with van der Waals surface area (Å²) >= 11 is 0. The van der Waals surface area contributed by atoms with E-state index in [1.54, 1.807) is 4.90 Å². The second-order valence-electron chi connectivity index (χ2n) is 11.0. The van der Waals surface area contributed by atoms with E-state index in [0.717, 1.165) is 44.9 Å². The molecule has 0 aromatic carbocycles. The highest BCUT2D eigenvalue weighted by atomic mass is 16.4. The molecule has 3 unspecified atom stereocenters. The fourth-order valence-corrected chi connectivity index (χ4v) is 5.74. The van der Waals surface area contributed by atoms with Crippen LogP contribution < -0.4 is 0 Å². The van der Waals surface area contributed by atoms with E-state index in [1.807, 2.05) is 4.90 Å². The van der Waals surface area contributed by atoms with Crippen molar-refractivity contribution in [2.75, 3.05) is 19.7 Å². The van der Waals surface area contributed by atoms with Gasteiger partial charge in [-0.2, -0.15) is 0 Å². The minimum atomic E-state index is -1.26. The summed E-state index contributed by atoms with van der Waals surface area (Å²) in [6.45, 7) is 8.94. The van der Waals surface area contributed by atoms with E-state index in [-0.39, 0.29) is 30.7 Å². The summed E-state index contributed by atoms with van der Waals surface area (Å²) in [6.07, 6.45) is 3.39. The Morgan fingerprint density at radius 3 is 2.28 bits per heavy atom. The maximum absolute atomic E-state index is 11.8. The zero-order valence-corrected chi connectivity index (χ0v) is 20.4. The van der Waals surface area contributed by atoms with Crippen LogP contribution in [0.1, 0.15) is 79.1 Å². The van der Waals surface area contributed by atoms with Gasteiger partial charge in [0.15, 0.2) is 0 Å². The van der Waals surface area contributed by atoms with Crippen molar-refractivity contribution in [3.8, 4) is 0 Å². The monoisotopic (exact) mass is 458 g/mol. The number of rotatable bonds is 9. The van der Waals surface area contributed by atoms with Gasteiger partial charge in [-0.25, -0.2) is 4.79 Å². The predicted octanol–water partition coefficient (Wildman–Crippen LogP) is 2.28. The maximum Gasteiger partial charge on any atom is 0.407 e. The SMILES string of the molecule is CC1CCCCC1N(CCCCCC(N1C[C@H](O)[C@@H](O)[C@H](O)[C@H]1CO)C(C)(C)C)C(=O)O. The summed E-state index contributed by atoms with van der Waals surface area (Å²) in [5.74, 6) is 0.410. The fraction of sp³-hybridized carbons (Fsp3) is 0.958. The van der Waals surface area contributed by atoms with Crippen molar-refractivity contribution in [3.63, 3.8) is 0 Å². The van der Waals surface area contributed by atoms with Crippen molar-refractivity contribution in [1.29, 1.82) is 0 Å². The largest absolute Gasteiger partial charge is 0.465 e. The van der Waals surface area contributed by atoms with Crippen LogP contribution in [0.3, 0.4) is 0 Å². The minimum absolute atomic E-state index is 0.00499. The molecule has 8 heteroatoms. The van der Waals surface area contributed by atoms with Crippen molar-refractivity contribution in [2.24, 2.45) is 11.3 Å². The molecule has 5 N–H and O–H groups in total. The quantitative estimate of drug-likeness (QED) is 0.336. The molecule has 2 fully saturated rings. The third kappa shape index (κ3) is 6.79. The van der Waals surface area contributed by atoms with Gasteiger partial charge in [0, 0.05) is 25.2 Å². The molecule has 7 atom stereocenters. The molecular weight excluding hydrogens is 412 g/mol. The number of hydrogen-bond acceptors (Lipinski definition) is 6. The average molecular weight is 459 g/mol. The molecule has 1 aliphatic carbocycles. The number of carboxylic acid groups (broad SMARTS) is 1. The first-order chi connectivity index (χ1) is 15.0. The van der Waals surface area contributed by atoms with Crippen molar-refractivity contribution in [2.45, 2.75) is 115 Å². The highest BCUT2D eigenvalue weighted by molar-refractivity contribution is 5.65. The first-order valence-corrected chi connectivity index (χ1v) is 12.4. The lowest BCUT2D eigenvalue weighted by atomic mass is 9.79. The molecule has 0 bridgehead atoms. The molecule has 1 amide bonds. The summed E-state index contributed by atoms with van der Waals surface area (Å²) in [5, 5.41) is 50.2. The van der Waals surface area contributed by atoms with E-state index in [4.69, 9.17) is 0 Å². The van der Waals surface area contributed by atoms with Gasteiger partial charge in [-0.1, -0.05) is 53.4 Å². The Morgan fingerprint density at radius 2 is 1.72 bits per heavy atom. The van der Waals surface area contributed by atoms with Crippen molar-refractivity contribution in [3.05, 3.63) is 0 Å². The van der Waals surface area contributed by atoms with E-state index in [2.05, 4.69) is 27.7 Å². The molecule has 8 nitrogen and oxygen atoms in total. The van der Waals surface area contributed by atoms with Gasteiger partial charge >= 0.3 is 6.09 Å². The lowest BCUT2D eigenvalue weighted by Gasteiger charge is -2.50. The van der Waals surface area contributed by atoms with Crippen LogP contribution in [0.5, 0.6) is 0 Å². The molecule has 2 rings (SSSR count). The summed E-state index contributed by atoms with van der Waals surface area (Å²) in [5.41, 5.74) is -0.153. The molecule has 0 spiro atoms. The standard InChI is InChI=1S/C24H46N2O6/c1-16-10-7-8-11-17(16)25(23(31)32)13-9-5-6-12-20(24(2,3)4)26-14-19(28)22(30)21(29)18(26)15-27/h16-22,27-30H,5-15H2,1-4H3,(H,31,32)/t16?,17?,18-,19+,20?,21-,22-/m1/s1. The Morgan fingerprint density at radius 1 is 1.06 bits per heavy atom. The molecule has 0 radical (unpaired) electrons. The summed E-state index contributed by atoms with van der Waals surface area (Å²) in [4.78, 5) is 15.4. The van der Waals surface area contributed by atoms with Gasteiger partial charge in [0.25, 0.3) is 0 Å². The normalized spacial score (nSPS) is 33.1. The van der Waals surface area contributed by atoms with Crippen LogP contribution >= 0.6 is 0 Å². The van der Waals surface area contributed by atoms with Crippen LogP contribution in [-0.2, 0) is 0 Å². The number of likely N-dealkylation sites (tertiary alicyclic amines) is 1. The summed E-state index contributed by atoms with van der Waals surface area (Å²) in [6, 6.07) is -0.491. The molecule has 1 saturated carbocycles. The van der Waals surface area contributed by atoms with Crippen LogP contribution in [0.4, 0.5) is 4.79 Å². The second kappa shape index (κ2) is 12.0. The predicted molar refractivity (Wildman–Crippen MR) is 123 cm³/mol. The Hall–Kier alpha value is -0.930. The van der Waals surface area contributed by atoms with Gasteiger partial charge in [0.05, 0.1) is 18.8 Å². The van der Waals surface area contributed by atoms with Gasteiger partial charge in [-0.15, -0.1) is 0 Å². The van der Waals surface area contributed by atoms with Crippen LogP contribution in [0.25, 0.3) is 0 Å². The van der Waals surface area contributed by atoms with Gasteiger partial charge < -0.3 is 30.4 Å². The minimum Gasteiger partial charge on any atom is -0.465 e. The molecule has 188 valence electrons. The number of carbonyl (C=O) groups is 1. The molecule has 1 heterocycles. The highest BCUT2D eigenvalue weighted by Crippen LogP contribution is 2.34. The van der Waals surface area contributed by atoms with Crippen LogP contribution in [-0.4, -0.2) is 97.6 Å². The van der Waals surface area contributed by atoms with Crippen molar-refractivity contribution < 1.29 is 30.3 Å². The maximum atomic E-state index is 11.8. The van der Waals surface area contributed by atoms with Gasteiger partial charge in [-0.05, 0) is 37.0 Å². The molecule has 1 saturated heterocycles. The van der Waals surface area contributed by atoms with Crippen LogP contribution in [0.15, 0.2) is 0 Å². The fourth-order valence-electron chi connectivity index (χ4n) is 5.74. The molecule has 0 aromatic heterocycles. The number of hydrogen-bond donors (Lipinski definition) is 5. The lowest BCUT2D eigenvalue weighted by molar-refractivity contribution is -0.163. The number of aliphatic hydroxyl groups is 4. The third-order valence-corrected chi connectivity index (χ3v) is 7.64. The third-order valence-electron chi connectivity index (χ3n) is 7.64. The summed E-state index contributed by atoms with van der Waals surface area (Å²) < 4.78 is 0. The Bertz CT molecular complexity index is 583. The molecule has 1 aliphatic heterocycles. The zero-order chi connectivity index (χ0) is 24.1. The lowest BCUT2D eigenvalue weighted by Crippen LogP contribution is -2.66. The summed E-state index contributed by atoms with van der Waals surface area (Å²) in [7, 11) is 0. The zero-order valence-electron chi connectivity index (χ0n) is 20.4. The first kappa shape index (κ1) is 27.3. The van der Waals surface area contributed by atoms with Gasteiger partial charge in [0.1, 0.15) is 12.2 Å². The second-order valence-corrected chi connectivity index (χ2v) is 11.0. The topological polar surface area (TPSA) is 125 Å². The number of aliphatic hydroxyl groups excluding tert-OH is 4. The van der Waals surface area contributed by atoms with E-state index >= 15 is 0 Å². The van der Waals surface area contributed by atoms with E-state index in [0.29, 0.717) is 12.5 Å². The van der Waals surface area contributed by atoms with E-state index < -0.39 is 30.4 Å². The number of β-amino-alcohol motifs (C(OH)–C–C–N with tert-alkyl or cyclic N) is 1. The Kier molecular flexibility index (Phi) is 10.2. The average Bonchev–Trinajstić information content (AvgIpc) is 2.71.